The predicted octanol–water partition coefficient (Wildman–Crippen LogP) is 5.20. The number of hydrogen-bond acceptors (Lipinski definition) is 4. The van der Waals surface area contributed by atoms with E-state index in [9.17, 15) is 9.59 Å². The fourth-order valence-electron chi connectivity index (χ4n) is 3.55. The lowest BCUT2D eigenvalue weighted by molar-refractivity contribution is -0.118. The molecule has 30 heavy (non-hydrogen) atoms. The van der Waals surface area contributed by atoms with Gasteiger partial charge in [-0.3, -0.25) is 9.59 Å². The number of benzene rings is 3. The van der Waals surface area contributed by atoms with Crippen LogP contribution in [0.25, 0.3) is 21.9 Å². The summed E-state index contributed by atoms with van der Waals surface area (Å²) in [6.07, 6.45) is 0. The van der Waals surface area contributed by atoms with Gasteiger partial charge in [0.1, 0.15) is 16.9 Å². The highest BCUT2D eigenvalue weighted by atomic mass is 16.5. The maximum atomic E-state index is 12.8. The van der Waals surface area contributed by atoms with E-state index < -0.39 is 0 Å². The van der Waals surface area contributed by atoms with Crippen molar-refractivity contribution in [1.29, 1.82) is 0 Å². The minimum absolute atomic E-state index is 0.0782. The van der Waals surface area contributed by atoms with Crippen molar-refractivity contribution in [3.8, 4) is 5.75 Å². The van der Waals surface area contributed by atoms with Crippen molar-refractivity contribution in [1.82, 2.24) is 0 Å². The SMILES string of the molecule is Cc1cc2oc3cc(NC(=O)COc4c(C)cccc4C)ccc3c(=O)c2cc1C. The van der Waals surface area contributed by atoms with Gasteiger partial charge in [0, 0.05) is 11.8 Å². The van der Waals surface area contributed by atoms with Crippen LogP contribution in [0, 0.1) is 27.7 Å². The Balaban J connectivity index is 1.59. The van der Waals surface area contributed by atoms with Gasteiger partial charge in [-0.2, -0.15) is 0 Å². The zero-order valence-electron chi connectivity index (χ0n) is 17.5. The Labute approximate surface area is 174 Å². The van der Waals surface area contributed by atoms with E-state index >= 15 is 0 Å². The van der Waals surface area contributed by atoms with Crippen LogP contribution < -0.4 is 15.5 Å². The normalized spacial score (nSPS) is 11.1. The molecule has 0 aliphatic heterocycles. The number of nitrogens with one attached hydrogen (secondary N) is 1. The van der Waals surface area contributed by atoms with Gasteiger partial charge in [-0.05, 0) is 74.2 Å². The molecule has 5 heteroatoms. The van der Waals surface area contributed by atoms with E-state index in [1.165, 1.54) is 0 Å². The second-order valence-corrected chi connectivity index (χ2v) is 7.63. The van der Waals surface area contributed by atoms with Gasteiger partial charge in [-0.1, -0.05) is 18.2 Å². The van der Waals surface area contributed by atoms with E-state index in [4.69, 9.17) is 9.15 Å². The van der Waals surface area contributed by atoms with Crippen LogP contribution in [-0.4, -0.2) is 12.5 Å². The molecule has 0 radical (unpaired) electrons. The molecule has 1 N–H and O–H groups in total. The Morgan fingerprint density at radius 1 is 0.867 bits per heavy atom. The molecule has 4 rings (SSSR count). The standard InChI is InChI=1S/C25H23NO4/c1-14-6-5-7-15(2)25(14)29-13-23(27)26-18-8-9-19-22(12-18)30-21-11-17(4)16(3)10-20(21)24(19)28/h5-12H,13H2,1-4H3,(H,26,27). The summed E-state index contributed by atoms with van der Waals surface area (Å²) in [7, 11) is 0. The Kier molecular flexibility index (Phi) is 5.04. The van der Waals surface area contributed by atoms with E-state index in [0.29, 0.717) is 33.4 Å². The molecule has 1 heterocycles. The molecule has 0 fully saturated rings. The molecule has 0 saturated carbocycles. The fourth-order valence-corrected chi connectivity index (χ4v) is 3.55. The molecule has 0 spiro atoms. The molecule has 5 nitrogen and oxygen atoms in total. The first kappa shape index (κ1) is 19.7. The van der Waals surface area contributed by atoms with Crippen molar-refractivity contribution in [2.24, 2.45) is 0 Å². The summed E-state index contributed by atoms with van der Waals surface area (Å²) < 4.78 is 11.7. The summed E-state index contributed by atoms with van der Waals surface area (Å²) in [4.78, 5) is 25.2. The molecule has 0 unspecified atom stereocenters. The van der Waals surface area contributed by atoms with E-state index in [1.54, 1.807) is 18.2 Å². The van der Waals surface area contributed by atoms with Crippen LogP contribution in [0.1, 0.15) is 22.3 Å². The molecule has 1 aromatic heterocycles. The molecule has 0 atom stereocenters. The van der Waals surface area contributed by atoms with Gasteiger partial charge >= 0.3 is 0 Å². The quantitative estimate of drug-likeness (QED) is 0.478. The lowest BCUT2D eigenvalue weighted by Gasteiger charge is -2.12. The minimum atomic E-state index is -0.286. The number of ether oxygens (including phenoxy) is 1. The van der Waals surface area contributed by atoms with Gasteiger partial charge in [-0.15, -0.1) is 0 Å². The van der Waals surface area contributed by atoms with Gasteiger partial charge in [0.2, 0.25) is 5.43 Å². The summed E-state index contributed by atoms with van der Waals surface area (Å²) in [5, 5.41) is 3.85. The Morgan fingerprint density at radius 3 is 2.27 bits per heavy atom. The third-order valence-corrected chi connectivity index (χ3v) is 5.33. The average molecular weight is 401 g/mol. The molecular weight excluding hydrogens is 378 g/mol. The Morgan fingerprint density at radius 2 is 1.53 bits per heavy atom. The number of amides is 1. The van der Waals surface area contributed by atoms with Crippen LogP contribution in [0.4, 0.5) is 5.69 Å². The number of rotatable bonds is 4. The monoisotopic (exact) mass is 401 g/mol. The highest BCUT2D eigenvalue weighted by Gasteiger charge is 2.12. The average Bonchev–Trinajstić information content (AvgIpc) is 2.69. The molecule has 4 aromatic rings. The van der Waals surface area contributed by atoms with E-state index in [2.05, 4.69) is 5.32 Å². The zero-order valence-corrected chi connectivity index (χ0v) is 17.5. The minimum Gasteiger partial charge on any atom is -0.483 e. The van der Waals surface area contributed by atoms with Gasteiger partial charge in [0.25, 0.3) is 5.91 Å². The maximum absolute atomic E-state index is 12.8. The Hall–Kier alpha value is -3.60. The van der Waals surface area contributed by atoms with Crippen molar-refractivity contribution in [2.75, 3.05) is 11.9 Å². The molecule has 0 aliphatic rings. The third kappa shape index (κ3) is 3.66. The molecule has 0 bridgehead atoms. The van der Waals surface area contributed by atoms with Crippen molar-refractivity contribution in [3.05, 3.63) is 81.0 Å². The number of carbonyl (C=O) groups is 1. The van der Waals surface area contributed by atoms with Crippen LogP contribution >= 0.6 is 0 Å². The Bertz CT molecular complexity index is 1330. The van der Waals surface area contributed by atoms with Crippen LogP contribution in [0.5, 0.6) is 5.75 Å². The van der Waals surface area contributed by atoms with Crippen molar-refractivity contribution >= 4 is 33.5 Å². The number of fused-ring (bicyclic) bond motifs is 2. The summed E-state index contributed by atoms with van der Waals surface area (Å²) >= 11 is 0. The first-order valence-corrected chi connectivity index (χ1v) is 9.80. The van der Waals surface area contributed by atoms with Gasteiger partial charge < -0.3 is 14.5 Å². The number of para-hydroxylation sites is 1. The summed E-state index contributed by atoms with van der Waals surface area (Å²) in [5.41, 5.74) is 5.50. The molecule has 0 aliphatic carbocycles. The number of carbonyl (C=O) groups excluding carboxylic acids is 1. The second-order valence-electron chi connectivity index (χ2n) is 7.63. The molecular formula is C25H23NO4. The number of aryl methyl sites for hydroxylation is 4. The van der Waals surface area contributed by atoms with E-state index in [1.807, 2.05) is 58.0 Å². The number of anilines is 1. The smallest absolute Gasteiger partial charge is 0.262 e. The predicted molar refractivity (Wildman–Crippen MR) is 120 cm³/mol. The van der Waals surface area contributed by atoms with Crippen molar-refractivity contribution in [3.63, 3.8) is 0 Å². The second kappa shape index (κ2) is 7.67. The summed E-state index contributed by atoms with van der Waals surface area (Å²) in [5.74, 6) is 0.431. The fraction of sp³-hybridized carbons (Fsp3) is 0.200. The van der Waals surface area contributed by atoms with E-state index in [0.717, 1.165) is 22.3 Å². The lowest BCUT2D eigenvalue weighted by Crippen LogP contribution is -2.20. The largest absolute Gasteiger partial charge is 0.483 e. The highest BCUT2D eigenvalue weighted by Crippen LogP contribution is 2.25. The van der Waals surface area contributed by atoms with Crippen molar-refractivity contribution in [2.45, 2.75) is 27.7 Å². The summed E-state index contributed by atoms with van der Waals surface area (Å²) in [6.45, 7) is 7.73. The third-order valence-electron chi connectivity index (χ3n) is 5.33. The van der Waals surface area contributed by atoms with Crippen LogP contribution in [0.3, 0.4) is 0 Å². The topological polar surface area (TPSA) is 68.5 Å². The van der Waals surface area contributed by atoms with Crippen LogP contribution in [0.2, 0.25) is 0 Å². The van der Waals surface area contributed by atoms with Gasteiger partial charge in [0.05, 0.1) is 10.8 Å². The van der Waals surface area contributed by atoms with Gasteiger partial charge in [-0.25, -0.2) is 0 Å². The molecule has 152 valence electrons. The van der Waals surface area contributed by atoms with Crippen LogP contribution in [0.15, 0.2) is 57.7 Å². The first-order valence-electron chi connectivity index (χ1n) is 9.80. The number of hydrogen-bond donors (Lipinski definition) is 1. The maximum Gasteiger partial charge on any atom is 0.262 e. The molecule has 1 amide bonds. The summed E-state index contributed by atoms with van der Waals surface area (Å²) in [6, 6.07) is 14.6. The molecule has 0 saturated heterocycles. The van der Waals surface area contributed by atoms with Crippen LogP contribution in [-0.2, 0) is 4.79 Å². The lowest BCUT2D eigenvalue weighted by atomic mass is 10.1. The highest BCUT2D eigenvalue weighted by molar-refractivity contribution is 5.96. The van der Waals surface area contributed by atoms with Gasteiger partial charge in [0.15, 0.2) is 6.61 Å². The first-order chi connectivity index (χ1) is 14.3. The molecule has 3 aromatic carbocycles. The zero-order chi connectivity index (χ0) is 21.4. The van der Waals surface area contributed by atoms with Crippen molar-refractivity contribution < 1.29 is 13.9 Å². The van der Waals surface area contributed by atoms with E-state index in [-0.39, 0.29) is 17.9 Å².